The first kappa shape index (κ1) is 30.6. The number of benzene rings is 2. The maximum absolute atomic E-state index is 13.8. The predicted molar refractivity (Wildman–Crippen MR) is 164 cm³/mol. The van der Waals surface area contributed by atoms with Crippen molar-refractivity contribution in [1.29, 1.82) is 5.41 Å². The van der Waals surface area contributed by atoms with Crippen LogP contribution in [0.4, 0.5) is 5.69 Å². The van der Waals surface area contributed by atoms with Gasteiger partial charge in [0.1, 0.15) is 11.9 Å². The van der Waals surface area contributed by atoms with Crippen LogP contribution < -0.4 is 20.7 Å². The monoisotopic (exact) mass is 578 g/mol. The number of hydrogen-bond donors (Lipinski definition) is 4. The Bertz CT molecular complexity index is 1230. The Hall–Kier alpha value is -3.37. The van der Waals surface area contributed by atoms with Gasteiger partial charge in [-0.1, -0.05) is 24.3 Å². The molecule has 2 aromatic carbocycles. The molecular weight excluding hydrogens is 536 g/mol. The number of nitrogens with zero attached hydrogens (tertiary/aromatic N) is 2. The summed E-state index contributed by atoms with van der Waals surface area (Å²) in [5.74, 6) is 0.807. The van der Waals surface area contributed by atoms with E-state index in [1.54, 1.807) is 13.1 Å². The van der Waals surface area contributed by atoms with E-state index in [9.17, 15) is 14.4 Å². The van der Waals surface area contributed by atoms with Crippen molar-refractivity contribution in [2.45, 2.75) is 68.7 Å². The highest BCUT2D eigenvalue weighted by molar-refractivity contribution is 7.97. The van der Waals surface area contributed by atoms with Crippen LogP contribution in [0.25, 0.3) is 0 Å². The van der Waals surface area contributed by atoms with Crippen LogP contribution in [0.5, 0.6) is 0 Å². The standard InChI is InChI=1S/C31H42N6O3S/c1-34-28(38)12-5-7-22-14-17-36(18-15-22)31(40)27(20-23-8-4-9-24(19-23)30(32)33)35-41-26-11-6-10-25(21-26)37-16-3-2-13-29(37)39/h4,6,8-11,19,21-22,27,35H,2-3,5,7,12-18,20H2,1H3,(H3,32,33)(H,34,38)/t27-/m0/s1. The van der Waals surface area contributed by atoms with Gasteiger partial charge in [0.15, 0.2) is 0 Å². The van der Waals surface area contributed by atoms with Gasteiger partial charge in [-0.25, -0.2) is 4.72 Å². The SMILES string of the molecule is CNC(=O)CCCC1CCN(C(=O)[C@H](Cc2cccc(C(=N)N)c2)NSc2cccc(N3CCCCC3=O)c2)CC1. The van der Waals surface area contributed by atoms with Crippen LogP contribution >= 0.6 is 11.9 Å². The van der Waals surface area contributed by atoms with E-state index in [2.05, 4.69) is 10.0 Å². The molecule has 2 heterocycles. The lowest BCUT2D eigenvalue weighted by molar-refractivity contribution is -0.134. The summed E-state index contributed by atoms with van der Waals surface area (Å²) in [6.07, 6.45) is 7.27. The smallest absolute Gasteiger partial charge is 0.240 e. The van der Waals surface area contributed by atoms with Gasteiger partial charge in [-0.05, 0) is 92.6 Å². The Balaban J connectivity index is 1.42. The number of likely N-dealkylation sites (tertiary alicyclic amines) is 1. The summed E-state index contributed by atoms with van der Waals surface area (Å²) in [4.78, 5) is 42.6. The van der Waals surface area contributed by atoms with Crippen molar-refractivity contribution < 1.29 is 14.4 Å². The largest absolute Gasteiger partial charge is 0.384 e. The van der Waals surface area contributed by atoms with Crippen molar-refractivity contribution in [3.05, 3.63) is 59.7 Å². The molecule has 4 rings (SSSR count). The number of anilines is 1. The molecule has 0 aliphatic carbocycles. The molecule has 2 aliphatic heterocycles. The van der Waals surface area contributed by atoms with Crippen molar-refractivity contribution >= 4 is 41.2 Å². The van der Waals surface area contributed by atoms with Crippen molar-refractivity contribution in [2.24, 2.45) is 11.7 Å². The minimum Gasteiger partial charge on any atom is -0.384 e. The highest BCUT2D eigenvalue weighted by Gasteiger charge is 2.29. The van der Waals surface area contributed by atoms with E-state index < -0.39 is 6.04 Å². The van der Waals surface area contributed by atoms with Gasteiger partial charge in [0, 0.05) is 55.7 Å². The topological polar surface area (TPSA) is 132 Å². The number of carbonyl (C=O) groups is 3. The molecule has 0 radical (unpaired) electrons. The van der Waals surface area contributed by atoms with Gasteiger partial charge in [0.2, 0.25) is 17.7 Å². The molecule has 0 unspecified atom stereocenters. The van der Waals surface area contributed by atoms with Crippen molar-refractivity contribution in [2.75, 3.05) is 31.6 Å². The molecule has 1 atom stereocenters. The number of nitrogens with two attached hydrogens (primary N) is 1. The summed E-state index contributed by atoms with van der Waals surface area (Å²) < 4.78 is 3.43. The number of amidine groups is 1. The lowest BCUT2D eigenvalue weighted by Gasteiger charge is -2.34. The first-order chi connectivity index (χ1) is 19.8. The second-order valence-corrected chi connectivity index (χ2v) is 11.8. The molecule has 220 valence electrons. The Labute approximate surface area is 247 Å². The summed E-state index contributed by atoms with van der Waals surface area (Å²) in [5, 5.41) is 10.5. The van der Waals surface area contributed by atoms with Gasteiger partial charge in [-0.3, -0.25) is 19.8 Å². The summed E-state index contributed by atoms with van der Waals surface area (Å²) in [5.41, 5.74) is 8.17. The van der Waals surface area contributed by atoms with Crippen LogP contribution in [0.1, 0.15) is 62.5 Å². The van der Waals surface area contributed by atoms with Crippen molar-refractivity contribution in [3.63, 3.8) is 0 Å². The quantitative estimate of drug-likeness (QED) is 0.172. The van der Waals surface area contributed by atoms with Gasteiger partial charge in [0.25, 0.3) is 0 Å². The Kier molecular flexibility index (Phi) is 11.2. The highest BCUT2D eigenvalue weighted by atomic mass is 32.2. The maximum Gasteiger partial charge on any atom is 0.240 e. The number of amides is 3. The molecule has 9 nitrogen and oxygen atoms in total. The fourth-order valence-electron chi connectivity index (χ4n) is 5.55. The fourth-order valence-corrected chi connectivity index (χ4v) is 6.34. The van der Waals surface area contributed by atoms with Crippen LogP contribution in [-0.2, 0) is 20.8 Å². The maximum atomic E-state index is 13.8. The van der Waals surface area contributed by atoms with E-state index in [-0.39, 0.29) is 23.6 Å². The summed E-state index contributed by atoms with van der Waals surface area (Å²) in [7, 11) is 1.66. The number of hydrogen-bond acceptors (Lipinski definition) is 6. The first-order valence-electron chi connectivity index (χ1n) is 14.6. The second-order valence-electron chi connectivity index (χ2n) is 10.9. The Morgan fingerprint density at radius 3 is 2.61 bits per heavy atom. The van der Waals surface area contributed by atoms with Crippen molar-refractivity contribution in [1.82, 2.24) is 14.9 Å². The fraction of sp³-hybridized carbons (Fsp3) is 0.484. The average molecular weight is 579 g/mol. The van der Waals surface area contributed by atoms with E-state index in [4.69, 9.17) is 11.1 Å². The summed E-state index contributed by atoms with van der Waals surface area (Å²) in [6, 6.07) is 14.9. The van der Waals surface area contributed by atoms with Gasteiger partial charge in [-0.15, -0.1) is 0 Å². The third kappa shape index (κ3) is 8.81. The zero-order valence-electron chi connectivity index (χ0n) is 23.9. The molecule has 3 amide bonds. The number of carbonyl (C=O) groups excluding carboxylic acids is 3. The molecule has 5 N–H and O–H groups in total. The molecule has 41 heavy (non-hydrogen) atoms. The number of rotatable bonds is 12. The van der Waals surface area contributed by atoms with Crippen LogP contribution in [-0.4, -0.2) is 61.2 Å². The van der Waals surface area contributed by atoms with Crippen LogP contribution in [0.3, 0.4) is 0 Å². The zero-order chi connectivity index (χ0) is 29.2. The first-order valence-corrected chi connectivity index (χ1v) is 15.4. The lowest BCUT2D eigenvalue weighted by Crippen LogP contribution is -2.48. The summed E-state index contributed by atoms with van der Waals surface area (Å²) in [6.45, 7) is 2.13. The predicted octanol–water partition coefficient (Wildman–Crippen LogP) is 3.85. The molecule has 10 heteroatoms. The van der Waals surface area contributed by atoms with Crippen LogP contribution in [0.15, 0.2) is 53.4 Å². The van der Waals surface area contributed by atoms with Crippen LogP contribution in [0.2, 0.25) is 0 Å². The molecule has 2 aliphatic rings. The Morgan fingerprint density at radius 2 is 1.88 bits per heavy atom. The number of nitrogen functional groups attached to an aromatic ring is 1. The second kappa shape index (κ2) is 15.0. The number of nitrogens with one attached hydrogen (secondary N) is 3. The Morgan fingerprint density at radius 1 is 1.10 bits per heavy atom. The molecule has 0 spiro atoms. The summed E-state index contributed by atoms with van der Waals surface area (Å²) >= 11 is 1.41. The van der Waals surface area contributed by atoms with Gasteiger partial charge >= 0.3 is 0 Å². The van der Waals surface area contributed by atoms with Gasteiger partial charge in [0.05, 0.1) is 0 Å². The molecule has 0 aromatic heterocycles. The molecular formula is C31H42N6O3S. The lowest BCUT2D eigenvalue weighted by atomic mass is 9.91. The van der Waals surface area contributed by atoms with E-state index in [0.717, 1.165) is 61.2 Å². The third-order valence-corrected chi connectivity index (χ3v) is 8.86. The molecule has 2 aromatic rings. The van der Waals surface area contributed by atoms with E-state index >= 15 is 0 Å². The van der Waals surface area contributed by atoms with E-state index in [1.165, 1.54) is 11.9 Å². The minimum atomic E-state index is -0.479. The zero-order valence-corrected chi connectivity index (χ0v) is 24.7. The van der Waals surface area contributed by atoms with E-state index in [0.29, 0.717) is 43.8 Å². The van der Waals surface area contributed by atoms with Crippen LogP contribution in [0, 0.1) is 11.3 Å². The highest BCUT2D eigenvalue weighted by Crippen LogP contribution is 2.27. The number of piperidine rings is 2. The minimum absolute atomic E-state index is 0.000346. The average Bonchev–Trinajstić information content (AvgIpc) is 2.99. The molecule has 2 fully saturated rings. The third-order valence-electron chi connectivity index (χ3n) is 7.97. The molecule has 0 saturated carbocycles. The normalized spacial score (nSPS) is 16.9. The van der Waals surface area contributed by atoms with Crippen molar-refractivity contribution in [3.8, 4) is 0 Å². The van der Waals surface area contributed by atoms with Gasteiger partial charge < -0.3 is 20.9 Å². The van der Waals surface area contributed by atoms with E-state index in [1.807, 2.05) is 52.3 Å². The van der Waals surface area contributed by atoms with Gasteiger partial charge in [-0.2, -0.15) is 0 Å². The molecule has 2 saturated heterocycles. The molecule has 0 bridgehead atoms.